The quantitative estimate of drug-likeness (QED) is 0.773. The molecule has 5 nitrogen and oxygen atoms in total. The molecule has 0 spiro atoms. The lowest BCUT2D eigenvalue weighted by molar-refractivity contribution is 0.0398. The van der Waals surface area contributed by atoms with Crippen molar-refractivity contribution in [1.29, 1.82) is 0 Å². The summed E-state index contributed by atoms with van der Waals surface area (Å²) in [7, 11) is 0. The number of aromatic nitrogens is 2. The number of anilines is 1. The van der Waals surface area contributed by atoms with E-state index in [1.54, 1.807) is 11.3 Å². The number of morpholine rings is 1. The maximum Gasteiger partial charge on any atom is 0.146 e. The van der Waals surface area contributed by atoms with E-state index in [9.17, 15) is 0 Å². The van der Waals surface area contributed by atoms with Gasteiger partial charge in [-0.25, -0.2) is 9.97 Å². The monoisotopic (exact) mass is 340 g/mol. The molecular weight excluding hydrogens is 320 g/mol. The number of nitrogens with zero attached hydrogens (tertiary/aromatic N) is 3. The van der Waals surface area contributed by atoms with Crippen molar-refractivity contribution in [3.8, 4) is 10.6 Å². The van der Waals surface area contributed by atoms with Crippen LogP contribution in [0.3, 0.4) is 0 Å². The molecule has 4 rings (SSSR count). The lowest BCUT2D eigenvalue weighted by atomic mass is 10.2. The highest BCUT2D eigenvalue weighted by atomic mass is 32.1. The summed E-state index contributed by atoms with van der Waals surface area (Å²) in [6, 6.07) is 14.3. The zero-order chi connectivity index (χ0) is 16.2. The second-order valence-corrected chi connectivity index (χ2v) is 6.76. The van der Waals surface area contributed by atoms with Crippen LogP contribution in [-0.4, -0.2) is 54.3 Å². The van der Waals surface area contributed by atoms with Gasteiger partial charge < -0.3 is 10.1 Å². The van der Waals surface area contributed by atoms with Crippen LogP contribution in [0.5, 0.6) is 0 Å². The fraction of sp³-hybridized carbons (Fsp3) is 0.333. The van der Waals surface area contributed by atoms with Crippen molar-refractivity contribution in [2.75, 3.05) is 44.7 Å². The summed E-state index contributed by atoms with van der Waals surface area (Å²) < 4.78 is 5.37. The van der Waals surface area contributed by atoms with Gasteiger partial charge in [0.25, 0.3) is 0 Å². The van der Waals surface area contributed by atoms with Gasteiger partial charge in [0.1, 0.15) is 21.2 Å². The Morgan fingerprint density at radius 3 is 2.71 bits per heavy atom. The Bertz CT molecular complexity index is 799. The third-order valence-corrected chi connectivity index (χ3v) is 5.13. The SMILES string of the molecule is c1ccc(-c2nc3ccc(NCCN4CCOCC4)nc3s2)cc1. The van der Waals surface area contributed by atoms with E-state index < -0.39 is 0 Å². The highest BCUT2D eigenvalue weighted by Crippen LogP contribution is 2.29. The molecule has 0 unspecified atom stereocenters. The Hall–Kier alpha value is -2.02. The number of pyridine rings is 1. The minimum absolute atomic E-state index is 0.841. The largest absolute Gasteiger partial charge is 0.379 e. The molecule has 1 aliphatic rings. The second kappa shape index (κ2) is 7.25. The van der Waals surface area contributed by atoms with Crippen LogP contribution in [0, 0.1) is 0 Å². The van der Waals surface area contributed by atoms with Gasteiger partial charge in [-0.2, -0.15) is 0 Å². The van der Waals surface area contributed by atoms with Crippen molar-refractivity contribution in [1.82, 2.24) is 14.9 Å². The van der Waals surface area contributed by atoms with E-state index in [4.69, 9.17) is 9.72 Å². The van der Waals surface area contributed by atoms with Crippen LogP contribution < -0.4 is 5.32 Å². The number of rotatable bonds is 5. The van der Waals surface area contributed by atoms with Crippen molar-refractivity contribution in [2.24, 2.45) is 0 Å². The van der Waals surface area contributed by atoms with Crippen molar-refractivity contribution >= 4 is 27.5 Å². The van der Waals surface area contributed by atoms with E-state index in [0.717, 1.165) is 66.1 Å². The zero-order valence-corrected chi connectivity index (χ0v) is 14.3. The molecule has 3 heterocycles. The van der Waals surface area contributed by atoms with Gasteiger partial charge >= 0.3 is 0 Å². The van der Waals surface area contributed by atoms with Gasteiger partial charge in [0.2, 0.25) is 0 Å². The van der Waals surface area contributed by atoms with Gasteiger partial charge in [-0.15, -0.1) is 0 Å². The summed E-state index contributed by atoms with van der Waals surface area (Å²) in [4.78, 5) is 12.8. The van der Waals surface area contributed by atoms with E-state index >= 15 is 0 Å². The highest BCUT2D eigenvalue weighted by Gasteiger charge is 2.10. The van der Waals surface area contributed by atoms with E-state index in [2.05, 4.69) is 27.3 Å². The number of benzene rings is 1. The molecule has 1 N–H and O–H groups in total. The minimum atomic E-state index is 0.841. The number of hydrogen-bond acceptors (Lipinski definition) is 6. The van der Waals surface area contributed by atoms with Crippen LogP contribution in [0.4, 0.5) is 5.82 Å². The van der Waals surface area contributed by atoms with Crippen LogP contribution in [0.25, 0.3) is 20.9 Å². The molecule has 0 atom stereocenters. The van der Waals surface area contributed by atoms with Crippen molar-refractivity contribution in [3.05, 3.63) is 42.5 Å². The first kappa shape index (κ1) is 15.5. The van der Waals surface area contributed by atoms with Crippen molar-refractivity contribution in [2.45, 2.75) is 0 Å². The molecule has 0 bridgehead atoms. The molecule has 2 aromatic heterocycles. The van der Waals surface area contributed by atoms with Gasteiger partial charge in [0, 0.05) is 31.7 Å². The molecule has 0 aliphatic carbocycles. The van der Waals surface area contributed by atoms with Gasteiger partial charge in [0.15, 0.2) is 0 Å². The van der Waals surface area contributed by atoms with E-state index in [1.165, 1.54) is 0 Å². The van der Waals surface area contributed by atoms with Gasteiger partial charge in [-0.1, -0.05) is 41.7 Å². The summed E-state index contributed by atoms with van der Waals surface area (Å²) in [5.41, 5.74) is 2.10. The first-order chi connectivity index (χ1) is 11.9. The van der Waals surface area contributed by atoms with Gasteiger partial charge in [-0.3, -0.25) is 4.90 Å². The lowest BCUT2D eigenvalue weighted by Crippen LogP contribution is -2.39. The normalized spacial score (nSPS) is 15.7. The molecule has 1 saturated heterocycles. The number of ether oxygens (including phenoxy) is 1. The first-order valence-corrected chi connectivity index (χ1v) is 9.07. The Morgan fingerprint density at radius 1 is 1.04 bits per heavy atom. The maximum atomic E-state index is 5.37. The Labute approximate surface area is 145 Å². The molecule has 24 heavy (non-hydrogen) atoms. The van der Waals surface area contributed by atoms with Crippen LogP contribution in [0.1, 0.15) is 0 Å². The van der Waals surface area contributed by atoms with Crippen molar-refractivity contribution < 1.29 is 4.74 Å². The summed E-state index contributed by atoms with van der Waals surface area (Å²) in [5, 5.41) is 4.44. The van der Waals surface area contributed by atoms with Crippen LogP contribution in [0.2, 0.25) is 0 Å². The summed E-state index contributed by atoms with van der Waals surface area (Å²) in [6.45, 7) is 5.62. The molecule has 0 amide bonds. The smallest absolute Gasteiger partial charge is 0.146 e. The summed E-state index contributed by atoms with van der Waals surface area (Å²) >= 11 is 1.64. The average Bonchev–Trinajstić information content (AvgIpc) is 3.07. The first-order valence-electron chi connectivity index (χ1n) is 8.25. The molecule has 0 radical (unpaired) electrons. The fourth-order valence-electron chi connectivity index (χ4n) is 2.79. The highest BCUT2D eigenvalue weighted by molar-refractivity contribution is 7.21. The van der Waals surface area contributed by atoms with Crippen LogP contribution >= 0.6 is 11.3 Å². The molecular formula is C18H20N4OS. The molecule has 3 aromatic rings. The number of thiazole rings is 1. The third-order valence-electron chi connectivity index (χ3n) is 4.11. The average molecular weight is 340 g/mol. The fourth-order valence-corrected chi connectivity index (χ4v) is 3.73. The summed E-state index contributed by atoms with van der Waals surface area (Å²) in [6.07, 6.45) is 0. The molecule has 124 valence electrons. The minimum Gasteiger partial charge on any atom is -0.379 e. The predicted molar refractivity (Wildman–Crippen MR) is 98.6 cm³/mol. The number of nitrogens with one attached hydrogen (secondary N) is 1. The molecule has 1 aliphatic heterocycles. The zero-order valence-electron chi connectivity index (χ0n) is 13.4. The van der Waals surface area contributed by atoms with E-state index in [1.807, 2.05) is 30.3 Å². The van der Waals surface area contributed by atoms with Gasteiger partial charge in [-0.05, 0) is 12.1 Å². The van der Waals surface area contributed by atoms with E-state index in [-0.39, 0.29) is 0 Å². The van der Waals surface area contributed by atoms with E-state index in [0.29, 0.717) is 0 Å². The predicted octanol–water partition coefficient (Wildman–Crippen LogP) is 3.10. The Kier molecular flexibility index (Phi) is 4.69. The maximum absolute atomic E-state index is 5.37. The standard InChI is InChI=1S/C18H20N4OS/c1-2-4-14(5-3-1)17-20-15-6-7-16(21-18(15)24-17)19-8-9-22-10-12-23-13-11-22/h1-7H,8-13H2,(H,19,21). The molecule has 0 saturated carbocycles. The molecule has 1 aromatic carbocycles. The van der Waals surface area contributed by atoms with Crippen LogP contribution in [0.15, 0.2) is 42.5 Å². The van der Waals surface area contributed by atoms with Gasteiger partial charge in [0.05, 0.1) is 13.2 Å². The third kappa shape index (κ3) is 3.56. The second-order valence-electron chi connectivity index (χ2n) is 5.79. The van der Waals surface area contributed by atoms with Crippen molar-refractivity contribution in [3.63, 3.8) is 0 Å². The summed E-state index contributed by atoms with van der Waals surface area (Å²) in [5.74, 6) is 0.916. The number of fused-ring (bicyclic) bond motifs is 1. The topological polar surface area (TPSA) is 50.3 Å². The molecule has 1 fully saturated rings. The van der Waals surface area contributed by atoms with Crippen LogP contribution in [-0.2, 0) is 4.74 Å². The Morgan fingerprint density at radius 2 is 1.88 bits per heavy atom. The number of hydrogen-bond donors (Lipinski definition) is 1. The Balaban J connectivity index is 1.43. The lowest BCUT2D eigenvalue weighted by Gasteiger charge is -2.26. The molecule has 6 heteroatoms.